The predicted octanol–water partition coefficient (Wildman–Crippen LogP) is 7.62. The number of carboxylic acid groups (broad SMARTS) is 1. The molecule has 0 aliphatic carbocycles. The van der Waals surface area contributed by atoms with Crippen LogP contribution in [0.1, 0.15) is 36.8 Å². The number of unbranched alkanes of at least 4 members (excludes halogenated alkanes) is 2. The average Bonchev–Trinajstić information content (AvgIpc) is 3.53. The van der Waals surface area contributed by atoms with E-state index in [-0.39, 0.29) is 12.3 Å². The second kappa shape index (κ2) is 13.8. The van der Waals surface area contributed by atoms with Crippen LogP contribution in [0.15, 0.2) is 90.0 Å². The Morgan fingerprint density at radius 2 is 1.81 bits per heavy atom. The van der Waals surface area contributed by atoms with Gasteiger partial charge in [-0.25, -0.2) is 4.68 Å². The van der Waals surface area contributed by atoms with Crippen molar-refractivity contribution in [1.29, 1.82) is 0 Å². The summed E-state index contributed by atoms with van der Waals surface area (Å²) in [5.74, 6) is -0.271. The van der Waals surface area contributed by atoms with Crippen LogP contribution in [0.4, 0.5) is 0 Å². The van der Waals surface area contributed by atoms with Crippen molar-refractivity contribution >= 4 is 57.9 Å². The molecule has 1 N–H and O–H groups in total. The molecule has 0 bridgehead atoms. The third kappa shape index (κ3) is 7.47. The van der Waals surface area contributed by atoms with Crippen LogP contribution in [0.2, 0.25) is 5.02 Å². The van der Waals surface area contributed by atoms with Crippen LogP contribution in [0.5, 0.6) is 5.75 Å². The topological polar surface area (TPSA) is 84.7 Å². The fraction of sp³-hybridized carbons (Fsp3) is 0.188. The largest absolute Gasteiger partial charge is 0.489 e. The van der Waals surface area contributed by atoms with Crippen molar-refractivity contribution in [3.8, 4) is 22.7 Å². The maximum atomic E-state index is 13.3. The molecule has 1 aromatic heterocycles. The number of carboxylic acids is 1. The van der Waals surface area contributed by atoms with Crippen LogP contribution < -0.4 is 4.74 Å². The maximum absolute atomic E-state index is 13.3. The number of nitrogens with zero attached hydrogens (tertiary/aromatic N) is 3. The molecule has 1 aliphatic heterocycles. The summed E-state index contributed by atoms with van der Waals surface area (Å²) >= 11 is 12.8. The Kier molecular flexibility index (Phi) is 9.74. The summed E-state index contributed by atoms with van der Waals surface area (Å²) in [5, 5.41) is 14.4. The fourth-order valence-corrected chi connectivity index (χ4v) is 5.89. The van der Waals surface area contributed by atoms with Gasteiger partial charge in [0.1, 0.15) is 22.4 Å². The molecular formula is C32H28ClN3O4S2. The number of amides is 1. The highest BCUT2D eigenvalue weighted by molar-refractivity contribution is 8.26. The summed E-state index contributed by atoms with van der Waals surface area (Å²) in [4.78, 5) is 26.2. The van der Waals surface area contributed by atoms with Gasteiger partial charge in [-0.05, 0) is 60.9 Å². The zero-order valence-electron chi connectivity index (χ0n) is 22.6. The standard InChI is InChI=1S/C32H28ClN3O4S2/c33-25-15-13-22(14-16-25)21-40-27-11-7-8-23(18-27)30-24(20-36(34-30)26-9-3-1-4-10-26)19-28-31(39)35(32(41)42-28)17-6-2-5-12-29(37)38/h1,3-4,7-11,13-16,18-20H,2,5-6,12,17,21H2,(H,37,38). The Bertz CT molecular complexity index is 1620. The molecule has 0 atom stereocenters. The Hall–Kier alpha value is -3.92. The number of para-hydroxylation sites is 1. The van der Waals surface area contributed by atoms with Gasteiger partial charge in [0.2, 0.25) is 0 Å². The van der Waals surface area contributed by atoms with Crippen molar-refractivity contribution in [2.75, 3.05) is 6.54 Å². The van der Waals surface area contributed by atoms with E-state index in [2.05, 4.69) is 0 Å². The van der Waals surface area contributed by atoms with E-state index in [4.69, 9.17) is 38.8 Å². The van der Waals surface area contributed by atoms with Crippen molar-refractivity contribution in [2.45, 2.75) is 32.3 Å². The third-order valence-corrected chi connectivity index (χ3v) is 8.25. The van der Waals surface area contributed by atoms with E-state index < -0.39 is 5.97 Å². The first kappa shape index (κ1) is 29.6. The smallest absolute Gasteiger partial charge is 0.303 e. The van der Waals surface area contributed by atoms with Gasteiger partial charge in [0.15, 0.2) is 0 Å². The molecule has 0 unspecified atom stereocenters. The van der Waals surface area contributed by atoms with Crippen molar-refractivity contribution in [2.24, 2.45) is 0 Å². The second-order valence-electron chi connectivity index (χ2n) is 9.69. The molecular weight excluding hydrogens is 590 g/mol. The van der Waals surface area contributed by atoms with Gasteiger partial charge in [0.25, 0.3) is 5.91 Å². The molecule has 0 radical (unpaired) electrons. The first-order valence-corrected chi connectivity index (χ1v) is 15.1. The van der Waals surface area contributed by atoms with Crippen LogP contribution in [0.3, 0.4) is 0 Å². The quantitative estimate of drug-likeness (QED) is 0.0994. The van der Waals surface area contributed by atoms with E-state index in [9.17, 15) is 9.59 Å². The number of aliphatic carboxylic acids is 1. The Morgan fingerprint density at radius 1 is 1.02 bits per heavy atom. The predicted molar refractivity (Wildman–Crippen MR) is 171 cm³/mol. The number of thiocarbonyl (C=S) groups is 1. The summed E-state index contributed by atoms with van der Waals surface area (Å²) < 4.78 is 8.36. The average molecular weight is 618 g/mol. The monoisotopic (exact) mass is 617 g/mol. The minimum Gasteiger partial charge on any atom is -0.489 e. The van der Waals surface area contributed by atoms with Crippen molar-refractivity contribution in [3.05, 3.63) is 106 Å². The SMILES string of the molecule is O=C(O)CCCCCN1C(=O)C(=Cc2cn(-c3ccccc3)nc2-c2cccc(OCc3ccc(Cl)cc3)c2)SC1=S. The highest BCUT2D eigenvalue weighted by Gasteiger charge is 2.32. The molecule has 42 heavy (non-hydrogen) atoms. The molecule has 214 valence electrons. The van der Waals surface area contributed by atoms with E-state index in [1.807, 2.05) is 91.1 Å². The number of thioether (sulfide) groups is 1. The lowest BCUT2D eigenvalue weighted by Gasteiger charge is -2.13. The van der Waals surface area contributed by atoms with Crippen molar-refractivity contribution < 1.29 is 19.4 Å². The summed E-state index contributed by atoms with van der Waals surface area (Å²) in [7, 11) is 0. The van der Waals surface area contributed by atoms with Gasteiger partial charge in [-0.3, -0.25) is 14.5 Å². The first-order valence-electron chi connectivity index (χ1n) is 13.5. The molecule has 0 saturated carbocycles. The highest BCUT2D eigenvalue weighted by atomic mass is 35.5. The summed E-state index contributed by atoms with van der Waals surface area (Å²) in [6, 6.07) is 25.0. The number of hydrogen-bond donors (Lipinski definition) is 1. The normalized spacial score (nSPS) is 14.1. The molecule has 1 aliphatic rings. The molecule has 1 saturated heterocycles. The number of carbonyl (C=O) groups excluding carboxylic acids is 1. The first-order chi connectivity index (χ1) is 20.4. The number of halogens is 1. The van der Waals surface area contributed by atoms with E-state index in [0.717, 1.165) is 22.4 Å². The molecule has 1 amide bonds. The number of hydrogen-bond acceptors (Lipinski definition) is 6. The van der Waals surface area contributed by atoms with Gasteiger partial charge in [-0.1, -0.05) is 84.5 Å². The number of aromatic nitrogens is 2. The van der Waals surface area contributed by atoms with Gasteiger partial charge < -0.3 is 9.84 Å². The molecule has 1 fully saturated rings. The minimum atomic E-state index is -0.811. The second-order valence-corrected chi connectivity index (χ2v) is 11.8. The van der Waals surface area contributed by atoms with E-state index in [1.54, 1.807) is 9.58 Å². The van der Waals surface area contributed by atoms with E-state index in [1.165, 1.54) is 11.8 Å². The Labute approximate surface area is 258 Å². The number of benzene rings is 3. The van der Waals surface area contributed by atoms with Crippen LogP contribution in [0.25, 0.3) is 23.0 Å². The van der Waals surface area contributed by atoms with Crippen LogP contribution >= 0.6 is 35.6 Å². The van der Waals surface area contributed by atoms with Crippen LogP contribution in [-0.4, -0.2) is 42.5 Å². The van der Waals surface area contributed by atoms with Gasteiger partial charge in [-0.15, -0.1) is 0 Å². The summed E-state index contributed by atoms with van der Waals surface area (Å²) in [6.07, 6.45) is 5.85. The maximum Gasteiger partial charge on any atom is 0.303 e. The lowest BCUT2D eigenvalue weighted by Crippen LogP contribution is -2.29. The Balaban J connectivity index is 1.39. The fourth-order valence-electron chi connectivity index (χ4n) is 4.47. The lowest BCUT2D eigenvalue weighted by atomic mass is 10.1. The van der Waals surface area contributed by atoms with Gasteiger partial charge in [-0.2, -0.15) is 5.10 Å². The molecule has 2 heterocycles. The lowest BCUT2D eigenvalue weighted by molar-refractivity contribution is -0.137. The molecule has 3 aromatic carbocycles. The number of ether oxygens (including phenoxy) is 1. The zero-order valence-corrected chi connectivity index (χ0v) is 25.0. The van der Waals surface area contributed by atoms with Crippen LogP contribution in [0, 0.1) is 0 Å². The molecule has 4 aromatic rings. The van der Waals surface area contributed by atoms with Crippen molar-refractivity contribution in [1.82, 2.24) is 14.7 Å². The van der Waals surface area contributed by atoms with Gasteiger partial charge in [0.05, 0.1) is 10.6 Å². The molecule has 7 nitrogen and oxygen atoms in total. The van der Waals surface area contributed by atoms with Gasteiger partial charge >= 0.3 is 5.97 Å². The van der Waals surface area contributed by atoms with Crippen molar-refractivity contribution in [3.63, 3.8) is 0 Å². The van der Waals surface area contributed by atoms with Crippen LogP contribution in [-0.2, 0) is 16.2 Å². The highest BCUT2D eigenvalue weighted by Crippen LogP contribution is 2.35. The number of carbonyl (C=O) groups is 2. The summed E-state index contributed by atoms with van der Waals surface area (Å²) in [6.45, 7) is 0.857. The third-order valence-electron chi connectivity index (χ3n) is 6.62. The summed E-state index contributed by atoms with van der Waals surface area (Å²) in [5.41, 5.74) is 4.22. The minimum absolute atomic E-state index is 0.125. The molecule has 10 heteroatoms. The zero-order chi connectivity index (χ0) is 29.5. The van der Waals surface area contributed by atoms with Gasteiger partial charge in [0, 0.05) is 35.3 Å². The molecule has 5 rings (SSSR count). The number of rotatable bonds is 12. The van der Waals surface area contributed by atoms with E-state index >= 15 is 0 Å². The van der Waals surface area contributed by atoms with E-state index in [0.29, 0.717) is 58.1 Å². The Morgan fingerprint density at radius 3 is 2.57 bits per heavy atom. The molecule has 0 spiro atoms.